The number of nitrogens with one attached hydrogen (secondary N) is 2. The van der Waals surface area contributed by atoms with Crippen LogP contribution in [0.5, 0.6) is 5.88 Å². The van der Waals surface area contributed by atoms with Gasteiger partial charge in [0.25, 0.3) is 0 Å². The average Bonchev–Trinajstić information content (AvgIpc) is 3.45. The Morgan fingerprint density at radius 2 is 2.37 bits per heavy atom. The molecule has 1 aromatic heterocycles. The van der Waals surface area contributed by atoms with Gasteiger partial charge < -0.3 is 20.3 Å². The molecule has 3 heterocycles. The minimum Gasteiger partial charge on any atom is -0.477 e. The van der Waals surface area contributed by atoms with Crippen molar-refractivity contribution in [2.75, 3.05) is 33.3 Å². The van der Waals surface area contributed by atoms with Gasteiger partial charge in [-0.15, -0.1) is 0 Å². The van der Waals surface area contributed by atoms with E-state index in [1.807, 2.05) is 25.4 Å². The number of ether oxygens (including phenoxy) is 1. The molecular weight excluding hydrogens is 342 g/mol. The number of amides is 1. The van der Waals surface area contributed by atoms with E-state index in [2.05, 4.69) is 25.5 Å². The first kappa shape index (κ1) is 18.1. The van der Waals surface area contributed by atoms with E-state index in [9.17, 15) is 4.79 Å². The Bertz CT molecular complexity index is 701. The lowest BCUT2D eigenvalue weighted by Crippen LogP contribution is -2.51. The summed E-state index contributed by atoms with van der Waals surface area (Å²) in [4.78, 5) is 22.8. The third kappa shape index (κ3) is 4.51. The molecule has 0 bridgehead atoms. The summed E-state index contributed by atoms with van der Waals surface area (Å²) >= 11 is 0. The van der Waals surface area contributed by atoms with E-state index in [0.29, 0.717) is 18.8 Å². The second-order valence-electron chi connectivity index (χ2n) is 8.14. The van der Waals surface area contributed by atoms with Crippen LogP contribution in [0.4, 0.5) is 0 Å². The molecule has 1 unspecified atom stereocenters. The van der Waals surface area contributed by atoms with Crippen LogP contribution in [0.3, 0.4) is 0 Å². The van der Waals surface area contributed by atoms with Gasteiger partial charge in [0.1, 0.15) is 0 Å². The smallest absolute Gasteiger partial charge is 0.220 e. The van der Waals surface area contributed by atoms with Crippen molar-refractivity contribution in [3.8, 4) is 5.88 Å². The molecule has 0 radical (unpaired) electrons. The summed E-state index contributed by atoms with van der Waals surface area (Å²) in [6, 6.07) is 3.99. The Hall–Kier alpha value is -2.31. The molecule has 2 N–H and O–H groups in total. The number of aliphatic imine (C=N–C) groups is 1. The topological polar surface area (TPSA) is 78.9 Å². The van der Waals surface area contributed by atoms with E-state index in [1.165, 1.54) is 12.8 Å². The van der Waals surface area contributed by atoms with Crippen LogP contribution in [0, 0.1) is 11.3 Å². The SMILES string of the molecule is CN=C(NCc1ccc(OCC2CC2)nc1)N1CCCC2(CNC(=O)C2)C1. The molecule has 1 amide bonds. The van der Waals surface area contributed by atoms with Gasteiger partial charge in [0, 0.05) is 57.3 Å². The van der Waals surface area contributed by atoms with Crippen LogP contribution in [-0.2, 0) is 11.3 Å². The fourth-order valence-corrected chi connectivity index (χ4v) is 4.03. The Balaban J connectivity index is 1.30. The molecule has 3 aliphatic rings. The summed E-state index contributed by atoms with van der Waals surface area (Å²) in [6.45, 7) is 4.08. The lowest BCUT2D eigenvalue weighted by atomic mass is 9.79. The summed E-state index contributed by atoms with van der Waals surface area (Å²) in [6.07, 6.45) is 7.24. The van der Waals surface area contributed by atoms with E-state index in [4.69, 9.17) is 4.74 Å². The highest BCUT2D eigenvalue weighted by Gasteiger charge is 2.42. The normalized spacial score (nSPS) is 25.6. The van der Waals surface area contributed by atoms with Gasteiger partial charge in [-0.1, -0.05) is 6.07 Å². The highest BCUT2D eigenvalue weighted by atomic mass is 16.5. The number of nitrogens with zero attached hydrogens (tertiary/aromatic N) is 3. The summed E-state index contributed by atoms with van der Waals surface area (Å²) in [5, 5.41) is 6.44. The molecule has 4 rings (SSSR count). The average molecular weight is 371 g/mol. The lowest BCUT2D eigenvalue weighted by Gasteiger charge is -2.40. The third-order valence-corrected chi connectivity index (χ3v) is 5.78. The molecule has 1 atom stereocenters. The zero-order chi connectivity index (χ0) is 18.7. The largest absolute Gasteiger partial charge is 0.477 e. The number of rotatable bonds is 5. The second-order valence-corrected chi connectivity index (χ2v) is 8.14. The number of aromatic nitrogens is 1. The fraction of sp³-hybridized carbons (Fsp3) is 0.650. The Kier molecular flexibility index (Phi) is 5.18. The van der Waals surface area contributed by atoms with Crippen LogP contribution in [-0.4, -0.2) is 55.0 Å². The van der Waals surface area contributed by atoms with Gasteiger partial charge in [-0.2, -0.15) is 0 Å². The molecule has 1 saturated carbocycles. The maximum atomic E-state index is 11.7. The molecular formula is C20H29N5O2. The Morgan fingerprint density at radius 3 is 3.04 bits per heavy atom. The third-order valence-electron chi connectivity index (χ3n) is 5.78. The Labute approximate surface area is 160 Å². The van der Waals surface area contributed by atoms with Crippen LogP contribution >= 0.6 is 0 Å². The summed E-state index contributed by atoms with van der Waals surface area (Å²) in [7, 11) is 1.81. The van der Waals surface area contributed by atoms with Crippen LogP contribution < -0.4 is 15.4 Å². The van der Waals surface area contributed by atoms with Crippen molar-refractivity contribution in [2.24, 2.45) is 16.3 Å². The maximum absolute atomic E-state index is 11.7. The van der Waals surface area contributed by atoms with Crippen LogP contribution in [0.2, 0.25) is 0 Å². The van der Waals surface area contributed by atoms with Crippen LogP contribution in [0.15, 0.2) is 23.3 Å². The van der Waals surface area contributed by atoms with Gasteiger partial charge in [0.15, 0.2) is 5.96 Å². The van der Waals surface area contributed by atoms with E-state index in [1.54, 1.807) is 0 Å². The maximum Gasteiger partial charge on any atom is 0.220 e. The molecule has 3 fully saturated rings. The van der Waals surface area contributed by atoms with Gasteiger partial charge in [-0.3, -0.25) is 9.79 Å². The van der Waals surface area contributed by atoms with E-state index < -0.39 is 0 Å². The first-order valence-electron chi connectivity index (χ1n) is 9.96. The molecule has 7 heteroatoms. The van der Waals surface area contributed by atoms with Crippen molar-refractivity contribution >= 4 is 11.9 Å². The number of carbonyl (C=O) groups excluding carboxylic acids is 1. The number of piperidine rings is 1. The van der Waals surface area contributed by atoms with Crippen molar-refractivity contribution in [3.05, 3.63) is 23.9 Å². The van der Waals surface area contributed by atoms with Crippen LogP contribution in [0.25, 0.3) is 0 Å². The zero-order valence-electron chi connectivity index (χ0n) is 16.0. The minimum absolute atomic E-state index is 0.0645. The first-order chi connectivity index (χ1) is 13.2. The standard InChI is InChI=1S/C20H29N5O2/c1-21-19(25-8-2-7-20(14-25)9-17(26)24-13-20)23-11-16-5-6-18(22-10-16)27-12-15-3-4-15/h5-6,10,15H,2-4,7-9,11-14H2,1H3,(H,21,23)(H,24,26). The van der Waals surface area contributed by atoms with Crippen molar-refractivity contribution in [1.82, 2.24) is 20.5 Å². The number of hydrogen-bond donors (Lipinski definition) is 2. The van der Waals surface area contributed by atoms with Gasteiger partial charge in [-0.25, -0.2) is 4.98 Å². The number of hydrogen-bond acceptors (Lipinski definition) is 4. The number of pyridine rings is 1. The second kappa shape index (κ2) is 7.74. The molecule has 2 aliphatic heterocycles. The van der Waals surface area contributed by atoms with E-state index >= 15 is 0 Å². The first-order valence-corrected chi connectivity index (χ1v) is 9.96. The van der Waals surface area contributed by atoms with Crippen LogP contribution in [0.1, 0.15) is 37.7 Å². The monoisotopic (exact) mass is 371 g/mol. The number of guanidine groups is 1. The molecule has 7 nitrogen and oxygen atoms in total. The molecule has 27 heavy (non-hydrogen) atoms. The van der Waals surface area contributed by atoms with E-state index in [0.717, 1.165) is 56.5 Å². The molecule has 1 aromatic rings. The van der Waals surface area contributed by atoms with Gasteiger partial charge in [0.05, 0.1) is 6.61 Å². The summed E-state index contributed by atoms with van der Waals surface area (Å²) in [5.41, 5.74) is 1.16. The fourth-order valence-electron chi connectivity index (χ4n) is 4.03. The quantitative estimate of drug-likeness (QED) is 0.606. The predicted octanol–water partition coefficient (Wildman–Crippen LogP) is 1.55. The molecule has 0 aromatic carbocycles. The Morgan fingerprint density at radius 1 is 1.48 bits per heavy atom. The van der Waals surface area contributed by atoms with Crippen molar-refractivity contribution < 1.29 is 9.53 Å². The summed E-state index contributed by atoms with van der Waals surface area (Å²) in [5.74, 6) is 2.50. The van der Waals surface area contributed by atoms with Gasteiger partial charge >= 0.3 is 0 Å². The molecule has 1 spiro atoms. The van der Waals surface area contributed by atoms with Gasteiger partial charge in [-0.05, 0) is 37.2 Å². The van der Waals surface area contributed by atoms with E-state index in [-0.39, 0.29) is 11.3 Å². The predicted molar refractivity (Wildman–Crippen MR) is 104 cm³/mol. The number of carbonyl (C=O) groups is 1. The summed E-state index contributed by atoms with van der Waals surface area (Å²) < 4.78 is 5.69. The van der Waals surface area contributed by atoms with Crippen molar-refractivity contribution in [1.29, 1.82) is 0 Å². The van der Waals surface area contributed by atoms with Gasteiger partial charge in [0.2, 0.25) is 11.8 Å². The number of likely N-dealkylation sites (tertiary alicyclic amines) is 1. The molecule has 146 valence electrons. The zero-order valence-corrected chi connectivity index (χ0v) is 16.0. The molecule has 1 aliphatic carbocycles. The molecule has 2 saturated heterocycles. The van der Waals surface area contributed by atoms with Crippen molar-refractivity contribution in [2.45, 2.75) is 38.6 Å². The highest BCUT2D eigenvalue weighted by molar-refractivity contribution is 5.81. The lowest BCUT2D eigenvalue weighted by molar-refractivity contribution is -0.119. The highest BCUT2D eigenvalue weighted by Crippen LogP contribution is 2.36. The minimum atomic E-state index is 0.0645. The van der Waals surface area contributed by atoms with Crippen molar-refractivity contribution in [3.63, 3.8) is 0 Å².